The summed E-state index contributed by atoms with van der Waals surface area (Å²) in [6.45, 7) is 10.0. The second-order valence-electron chi connectivity index (χ2n) is 7.66. The lowest BCUT2D eigenvalue weighted by Gasteiger charge is -2.48. The minimum Gasteiger partial charge on any atom is -0.298 e. The van der Waals surface area contributed by atoms with E-state index in [4.69, 9.17) is 0 Å². The van der Waals surface area contributed by atoms with Crippen molar-refractivity contribution in [2.24, 2.45) is 5.92 Å². The van der Waals surface area contributed by atoms with E-state index in [1.54, 1.807) is 11.1 Å². The molecule has 2 heteroatoms. The van der Waals surface area contributed by atoms with Gasteiger partial charge in [0.15, 0.2) is 0 Å². The van der Waals surface area contributed by atoms with Crippen LogP contribution in [-0.2, 0) is 6.42 Å². The van der Waals surface area contributed by atoms with E-state index >= 15 is 0 Å². The van der Waals surface area contributed by atoms with Crippen molar-refractivity contribution >= 4 is 0 Å². The van der Waals surface area contributed by atoms with Crippen LogP contribution in [0.5, 0.6) is 0 Å². The highest BCUT2D eigenvalue weighted by molar-refractivity contribution is 5.40. The van der Waals surface area contributed by atoms with Gasteiger partial charge in [-0.3, -0.25) is 9.80 Å². The molecule has 1 aromatic carbocycles. The molecular weight excluding hydrogens is 256 g/mol. The summed E-state index contributed by atoms with van der Waals surface area (Å²) in [7, 11) is 0. The van der Waals surface area contributed by atoms with E-state index in [1.807, 2.05) is 0 Å². The van der Waals surface area contributed by atoms with Gasteiger partial charge in [-0.05, 0) is 42.9 Å². The Morgan fingerprint density at radius 1 is 1.19 bits per heavy atom. The van der Waals surface area contributed by atoms with Gasteiger partial charge in [-0.15, -0.1) is 0 Å². The van der Waals surface area contributed by atoms with Gasteiger partial charge in [-0.1, -0.05) is 38.1 Å². The van der Waals surface area contributed by atoms with Crippen LogP contribution in [0.4, 0.5) is 0 Å². The molecule has 1 aliphatic carbocycles. The summed E-state index contributed by atoms with van der Waals surface area (Å²) in [5.74, 6) is 1.55. The quantitative estimate of drug-likeness (QED) is 0.841. The average molecular weight is 284 g/mol. The van der Waals surface area contributed by atoms with E-state index in [0.29, 0.717) is 0 Å². The topological polar surface area (TPSA) is 6.48 Å². The summed E-state index contributed by atoms with van der Waals surface area (Å²) >= 11 is 0. The Labute approximate surface area is 129 Å². The molecule has 2 aliphatic heterocycles. The number of nitrogens with zero attached hydrogens (tertiary/aromatic N) is 2. The highest BCUT2D eigenvalue weighted by Gasteiger charge is 2.39. The molecule has 2 nitrogen and oxygen atoms in total. The summed E-state index contributed by atoms with van der Waals surface area (Å²) in [5, 5.41) is 0. The van der Waals surface area contributed by atoms with E-state index < -0.39 is 0 Å². The Balaban J connectivity index is 1.48. The van der Waals surface area contributed by atoms with Crippen molar-refractivity contribution < 1.29 is 0 Å². The second kappa shape index (κ2) is 5.40. The van der Waals surface area contributed by atoms with Crippen molar-refractivity contribution in [1.82, 2.24) is 9.80 Å². The predicted octanol–water partition coefficient (Wildman–Crippen LogP) is 3.13. The first-order chi connectivity index (χ1) is 10.2. The minimum absolute atomic E-state index is 0.757. The van der Waals surface area contributed by atoms with E-state index in [9.17, 15) is 0 Å². The number of benzene rings is 1. The molecule has 114 valence electrons. The number of fused-ring (bicyclic) bond motifs is 2. The lowest BCUT2D eigenvalue weighted by molar-refractivity contribution is 0.0239. The molecule has 2 saturated heterocycles. The molecule has 0 N–H and O–H groups in total. The normalized spacial score (nSPS) is 32.8. The van der Waals surface area contributed by atoms with Gasteiger partial charge in [0.2, 0.25) is 0 Å². The smallest absolute Gasteiger partial charge is 0.0247 e. The first-order valence-electron chi connectivity index (χ1n) is 8.78. The SMILES string of the molecule is CC(C)C1CN2CCCC2CN1CC1Cc2ccccc21. The summed E-state index contributed by atoms with van der Waals surface area (Å²) in [4.78, 5) is 5.59. The Morgan fingerprint density at radius 2 is 2.05 bits per heavy atom. The van der Waals surface area contributed by atoms with E-state index in [2.05, 4.69) is 47.9 Å². The van der Waals surface area contributed by atoms with Gasteiger partial charge < -0.3 is 0 Å². The molecule has 0 saturated carbocycles. The molecule has 4 rings (SSSR count). The monoisotopic (exact) mass is 284 g/mol. The molecule has 2 fully saturated rings. The van der Waals surface area contributed by atoms with Crippen LogP contribution in [0.3, 0.4) is 0 Å². The Morgan fingerprint density at radius 3 is 2.86 bits per heavy atom. The molecule has 0 aromatic heterocycles. The number of hydrogen-bond donors (Lipinski definition) is 0. The zero-order chi connectivity index (χ0) is 14.4. The Hall–Kier alpha value is -0.860. The largest absolute Gasteiger partial charge is 0.298 e. The molecule has 3 atom stereocenters. The Kier molecular flexibility index (Phi) is 3.55. The fourth-order valence-electron chi connectivity index (χ4n) is 4.76. The van der Waals surface area contributed by atoms with Crippen LogP contribution in [-0.4, -0.2) is 48.1 Å². The second-order valence-corrected chi connectivity index (χ2v) is 7.66. The van der Waals surface area contributed by atoms with Crippen molar-refractivity contribution in [3.8, 4) is 0 Å². The van der Waals surface area contributed by atoms with E-state index in [0.717, 1.165) is 23.9 Å². The zero-order valence-electron chi connectivity index (χ0n) is 13.5. The molecule has 0 bridgehead atoms. The van der Waals surface area contributed by atoms with E-state index in [-0.39, 0.29) is 0 Å². The highest BCUT2D eigenvalue weighted by atomic mass is 15.3. The molecule has 1 aromatic rings. The summed E-state index contributed by atoms with van der Waals surface area (Å²) in [6.07, 6.45) is 4.13. The minimum atomic E-state index is 0.757. The Bertz CT molecular complexity index is 510. The van der Waals surface area contributed by atoms with Gasteiger partial charge >= 0.3 is 0 Å². The maximum absolute atomic E-state index is 2.83. The van der Waals surface area contributed by atoms with Crippen LogP contribution in [0.25, 0.3) is 0 Å². The maximum Gasteiger partial charge on any atom is 0.0247 e. The van der Waals surface area contributed by atoms with Crippen molar-refractivity contribution in [2.45, 2.75) is 51.1 Å². The third-order valence-corrected chi connectivity index (χ3v) is 6.02. The lowest BCUT2D eigenvalue weighted by Crippen LogP contribution is -2.58. The molecule has 21 heavy (non-hydrogen) atoms. The fraction of sp³-hybridized carbons (Fsp3) is 0.684. The molecule has 0 spiro atoms. The van der Waals surface area contributed by atoms with Crippen LogP contribution in [0, 0.1) is 5.92 Å². The number of rotatable bonds is 3. The number of piperazine rings is 1. The summed E-state index contributed by atoms with van der Waals surface area (Å²) in [6, 6.07) is 10.6. The summed E-state index contributed by atoms with van der Waals surface area (Å²) in [5.41, 5.74) is 3.21. The number of hydrogen-bond acceptors (Lipinski definition) is 2. The van der Waals surface area contributed by atoms with Crippen LogP contribution in [0.15, 0.2) is 24.3 Å². The van der Waals surface area contributed by atoms with Crippen LogP contribution in [0.1, 0.15) is 43.7 Å². The third-order valence-electron chi connectivity index (χ3n) is 6.02. The molecule has 0 amide bonds. The highest BCUT2D eigenvalue weighted by Crippen LogP contribution is 2.37. The lowest BCUT2D eigenvalue weighted by atomic mass is 9.77. The summed E-state index contributed by atoms with van der Waals surface area (Å²) < 4.78 is 0. The average Bonchev–Trinajstić information content (AvgIpc) is 2.91. The van der Waals surface area contributed by atoms with Gasteiger partial charge in [-0.2, -0.15) is 0 Å². The van der Waals surface area contributed by atoms with Gasteiger partial charge in [0.1, 0.15) is 0 Å². The first-order valence-corrected chi connectivity index (χ1v) is 8.78. The maximum atomic E-state index is 2.83. The molecule has 3 aliphatic rings. The van der Waals surface area contributed by atoms with Crippen molar-refractivity contribution in [3.63, 3.8) is 0 Å². The fourth-order valence-corrected chi connectivity index (χ4v) is 4.76. The van der Waals surface area contributed by atoms with E-state index in [1.165, 1.54) is 45.4 Å². The van der Waals surface area contributed by atoms with Gasteiger partial charge in [0, 0.05) is 37.6 Å². The van der Waals surface area contributed by atoms with Crippen molar-refractivity contribution in [3.05, 3.63) is 35.4 Å². The van der Waals surface area contributed by atoms with Crippen molar-refractivity contribution in [2.75, 3.05) is 26.2 Å². The van der Waals surface area contributed by atoms with Crippen molar-refractivity contribution in [1.29, 1.82) is 0 Å². The third kappa shape index (κ3) is 2.43. The van der Waals surface area contributed by atoms with Gasteiger partial charge in [0.05, 0.1) is 0 Å². The molecule has 3 unspecified atom stereocenters. The molecule has 0 radical (unpaired) electrons. The first kappa shape index (κ1) is 13.8. The molecule has 2 heterocycles. The van der Waals surface area contributed by atoms with Crippen LogP contribution < -0.4 is 0 Å². The van der Waals surface area contributed by atoms with Gasteiger partial charge in [0.25, 0.3) is 0 Å². The van der Waals surface area contributed by atoms with Gasteiger partial charge in [-0.25, -0.2) is 0 Å². The molecular formula is C19H28N2. The predicted molar refractivity (Wildman–Crippen MR) is 87.7 cm³/mol. The standard InChI is InChI=1S/C19H28N2/c1-14(2)19-13-20-9-5-7-17(20)12-21(19)11-16-10-15-6-3-4-8-18(15)16/h3-4,6,8,14,16-17,19H,5,7,9-13H2,1-2H3. The van der Waals surface area contributed by atoms with Crippen LogP contribution in [0.2, 0.25) is 0 Å². The van der Waals surface area contributed by atoms with Crippen LogP contribution >= 0.6 is 0 Å². The zero-order valence-corrected chi connectivity index (χ0v) is 13.5.